The molecule has 0 radical (unpaired) electrons. The summed E-state index contributed by atoms with van der Waals surface area (Å²) in [7, 11) is 0. The van der Waals surface area contributed by atoms with E-state index in [-0.39, 0.29) is 24.5 Å². The second-order valence-corrected chi connectivity index (χ2v) is 8.70. The minimum Gasteiger partial charge on any atom is -0.482 e. The summed E-state index contributed by atoms with van der Waals surface area (Å²) in [5.41, 5.74) is 1.10. The molecule has 1 N–H and O–H groups in total. The number of benzene rings is 2. The predicted molar refractivity (Wildman–Crippen MR) is 124 cm³/mol. The van der Waals surface area contributed by atoms with Crippen molar-refractivity contribution in [3.63, 3.8) is 0 Å². The molecule has 31 heavy (non-hydrogen) atoms. The molecule has 0 aromatic heterocycles. The zero-order valence-corrected chi connectivity index (χ0v) is 19.2. The van der Waals surface area contributed by atoms with Gasteiger partial charge in [-0.15, -0.1) is 0 Å². The van der Waals surface area contributed by atoms with Gasteiger partial charge in [-0.05, 0) is 49.9 Å². The molecular weight excluding hydrogens is 435 g/mol. The van der Waals surface area contributed by atoms with Crippen LogP contribution in [0.1, 0.15) is 38.2 Å². The van der Waals surface area contributed by atoms with Crippen LogP contribution in [0.3, 0.4) is 0 Å². The van der Waals surface area contributed by atoms with E-state index < -0.39 is 6.04 Å². The van der Waals surface area contributed by atoms with Gasteiger partial charge in [-0.1, -0.05) is 66.4 Å². The van der Waals surface area contributed by atoms with Gasteiger partial charge >= 0.3 is 0 Å². The number of hydrogen-bond acceptors (Lipinski definition) is 3. The molecule has 0 spiro atoms. The van der Waals surface area contributed by atoms with Gasteiger partial charge in [-0.3, -0.25) is 9.59 Å². The predicted octanol–water partition coefficient (Wildman–Crippen LogP) is 4.89. The van der Waals surface area contributed by atoms with Crippen LogP contribution in [0.25, 0.3) is 0 Å². The van der Waals surface area contributed by atoms with Crippen molar-refractivity contribution in [2.75, 3.05) is 13.2 Å². The fourth-order valence-electron chi connectivity index (χ4n) is 3.78. The molecule has 166 valence electrons. The number of halogens is 2. The first-order valence-electron chi connectivity index (χ1n) is 10.7. The molecule has 3 rings (SSSR count). The van der Waals surface area contributed by atoms with Crippen LogP contribution >= 0.6 is 23.2 Å². The van der Waals surface area contributed by atoms with E-state index in [1.165, 1.54) is 0 Å². The highest BCUT2D eigenvalue weighted by molar-refractivity contribution is 6.35. The lowest BCUT2D eigenvalue weighted by Crippen LogP contribution is -2.51. The second kappa shape index (κ2) is 11.4. The maximum Gasteiger partial charge on any atom is 0.261 e. The third-order valence-corrected chi connectivity index (χ3v) is 6.13. The fraction of sp³-hybridized carbons (Fsp3) is 0.417. The summed E-state index contributed by atoms with van der Waals surface area (Å²) in [5.74, 6) is -0.0145. The molecule has 1 aliphatic rings. The van der Waals surface area contributed by atoms with Crippen LogP contribution in [0.15, 0.2) is 48.5 Å². The zero-order chi connectivity index (χ0) is 22.2. The number of hydrogen-bond donors (Lipinski definition) is 1. The van der Waals surface area contributed by atoms with E-state index in [2.05, 4.69) is 5.32 Å². The van der Waals surface area contributed by atoms with Gasteiger partial charge in [0.1, 0.15) is 11.8 Å². The third kappa shape index (κ3) is 6.88. The number of ether oxygens (including phenoxy) is 1. The quantitative estimate of drug-likeness (QED) is 0.576. The van der Waals surface area contributed by atoms with Gasteiger partial charge in [0.2, 0.25) is 5.91 Å². The van der Waals surface area contributed by atoms with Crippen LogP contribution in [-0.2, 0) is 16.0 Å². The Morgan fingerprint density at radius 3 is 2.52 bits per heavy atom. The molecule has 2 amide bonds. The number of rotatable bonds is 9. The second-order valence-electron chi connectivity index (χ2n) is 7.85. The smallest absolute Gasteiger partial charge is 0.261 e. The molecule has 1 saturated carbocycles. The molecule has 7 heteroatoms. The standard InChI is InChI=1S/C24H28Cl2N2O3/c1-17(24(30)27-20-9-5-6-10-20)28(14-13-18-7-3-2-4-8-18)23(29)16-31-22-12-11-19(25)15-21(22)26/h2-4,7-8,11-12,15,17,20H,5-6,9-10,13-14,16H2,1H3,(H,27,30)/t17-/m0/s1. The highest BCUT2D eigenvalue weighted by Gasteiger charge is 2.28. The number of carbonyl (C=O) groups excluding carboxylic acids is 2. The van der Waals surface area contributed by atoms with Crippen LogP contribution in [0.5, 0.6) is 5.75 Å². The summed E-state index contributed by atoms with van der Waals surface area (Å²) in [6.45, 7) is 1.97. The van der Waals surface area contributed by atoms with E-state index in [0.717, 1.165) is 31.2 Å². The summed E-state index contributed by atoms with van der Waals surface area (Å²) < 4.78 is 5.64. The number of nitrogens with one attached hydrogen (secondary N) is 1. The van der Waals surface area contributed by atoms with Gasteiger partial charge < -0.3 is 15.0 Å². The largest absolute Gasteiger partial charge is 0.482 e. The van der Waals surface area contributed by atoms with Gasteiger partial charge in [0.05, 0.1) is 5.02 Å². The van der Waals surface area contributed by atoms with E-state index >= 15 is 0 Å². The fourth-order valence-corrected chi connectivity index (χ4v) is 4.24. The average Bonchev–Trinajstić information content (AvgIpc) is 3.27. The van der Waals surface area contributed by atoms with Crippen molar-refractivity contribution in [3.8, 4) is 5.75 Å². The summed E-state index contributed by atoms with van der Waals surface area (Å²) in [5, 5.41) is 3.92. The molecule has 1 aliphatic carbocycles. The number of nitrogens with zero attached hydrogens (tertiary/aromatic N) is 1. The van der Waals surface area contributed by atoms with E-state index in [4.69, 9.17) is 27.9 Å². The minimum atomic E-state index is -0.596. The van der Waals surface area contributed by atoms with Gasteiger partial charge in [0.25, 0.3) is 5.91 Å². The van der Waals surface area contributed by atoms with Crippen molar-refractivity contribution < 1.29 is 14.3 Å². The first-order valence-corrected chi connectivity index (χ1v) is 11.4. The van der Waals surface area contributed by atoms with Gasteiger partial charge in [-0.25, -0.2) is 0 Å². The number of carbonyl (C=O) groups is 2. The molecule has 5 nitrogen and oxygen atoms in total. The molecule has 1 atom stereocenters. The monoisotopic (exact) mass is 462 g/mol. The van der Waals surface area contributed by atoms with Crippen LogP contribution in [0, 0.1) is 0 Å². The Hall–Kier alpha value is -2.24. The SMILES string of the molecule is C[C@@H](C(=O)NC1CCCC1)N(CCc1ccccc1)C(=O)COc1ccc(Cl)cc1Cl. The summed E-state index contributed by atoms with van der Waals surface area (Å²) in [6.07, 6.45) is 4.90. The van der Waals surface area contributed by atoms with Gasteiger partial charge in [0, 0.05) is 17.6 Å². The van der Waals surface area contributed by atoms with E-state index in [9.17, 15) is 9.59 Å². The Balaban J connectivity index is 1.66. The molecule has 0 saturated heterocycles. The lowest BCUT2D eigenvalue weighted by atomic mass is 10.1. The zero-order valence-electron chi connectivity index (χ0n) is 17.7. The molecule has 2 aromatic rings. The molecule has 0 bridgehead atoms. The molecule has 2 aromatic carbocycles. The first-order chi connectivity index (χ1) is 14.9. The van der Waals surface area contributed by atoms with Crippen LogP contribution in [-0.4, -0.2) is 41.9 Å². The van der Waals surface area contributed by atoms with Crippen molar-refractivity contribution in [1.82, 2.24) is 10.2 Å². The molecular formula is C24H28Cl2N2O3. The summed E-state index contributed by atoms with van der Waals surface area (Å²) in [4.78, 5) is 27.5. The first kappa shape index (κ1) is 23.4. The van der Waals surface area contributed by atoms with Crippen molar-refractivity contribution in [2.45, 2.75) is 51.1 Å². The normalized spacial score (nSPS) is 14.8. The Labute approximate surface area is 193 Å². The van der Waals surface area contributed by atoms with Gasteiger partial charge in [-0.2, -0.15) is 0 Å². The molecule has 0 aliphatic heterocycles. The van der Waals surface area contributed by atoms with Crippen LogP contribution in [0.2, 0.25) is 10.0 Å². The molecule has 0 heterocycles. The van der Waals surface area contributed by atoms with Crippen LogP contribution < -0.4 is 10.1 Å². The molecule has 1 fully saturated rings. The summed E-state index contributed by atoms with van der Waals surface area (Å²) >= 11 is 12.1. The minimum absolute atomic E-state index is 0.127. The van der Waals surface area contributed by atoms with E-state index in [0.29, 0.717) is 28.8 Å². The van der Waals surface area contributed by atoms with Crippen molar-refractivity contribution in [3.05, 3.63) is 64.1 Å². The number of amides is 2. The van der Waals surface area contributed by atoms with Crippen molar-refractivity contribution in [1.29, 1.82) is 0 Å². The maximum atomic E-state index is 13.1. The van der Waals surface area contributed by atoms with Crippen molar-refractivity contribution >= 4 is 35.0 Å². The lowest BCUT2D eigenvalue weighted by molar-refractivity contribution is -0.141. The summed E-state index contributed by atoms with van der Waals surface area (Å²) in [6, 6.07) is 14.3. The Kier molecular flexibility index (Phi) is 8.61. The van der Waals surface area contributed by atoms with Gasteiger partial charge in [0.15, 0.2) is 6.61 Å². The topological polar surface area (TPSA) is 58.6 Å². The van der Waals surface area contributed by atoms with E-state index in [1.54, 1.807) is 30.0 Å². The van der Waals surface area contributed by atoms with E-state index in [1.807, 2.05) is 30.3 Å². The molecule has 0 unspecified atom stereocenters. The Morgan fingerprint density at radius 1 is 1.13 bits per heavy atom. The Morgan fingerprint density at radius 2 is 1.84 bits per heavy atom. The maximum absolute atomic E-state index is 13.1. The van der Waals surface area contributed by atoms with Crippen molar-refractivity contribution in [2.24, 2.45) is 0 Å². The lowest BCUT2D eigenvalue weighted by Gasteiger charge is -2.29. The van der Waals surface area contributed by atoms with Crippen LogP contribution in [0.4, 0.5) is 0 Å². The highest BCUT2D eigenvalue weighted by Crippen LogP contribution is 2.27. The highest BCUT2D eigenvalue weighted by atomic mass is 35.5. The third-order valence-electron chi connectivity index (χ3n) is 5.60. The Bertz CT molecular complexity index is 886. The average molecular weight is 463 g/mol.